The highest BCUT2D eigenvalue weighted by atomic mass is 16.6. The average molecular weight is 322 g/mol. The number of esters is 1. The molecule has 128 valence electrons. The molecule has 0 atom stereocenters. The topological polar surface area (TPSA) is 61.8 Å². The van der Waals surface area contributed by atoms with E-state index < -0.39 is 0 Å². The van der Waals surface area contributed by atoms with Gasteiger partial charge in [0.05, 0.1) is 13.2 Å². The van der Waals surface area contributed by atoms with Gasteiger partial charge in [0, 0.05) is 12.0 Å². The number of ether oxygens (including phenoxy) is 3. The van der Waals surface area contributed by atoms with Crippen LogP contribution in [-0.4, -0.2) is 38.7 Å². The minimum atomic E-state index is -0.156. The van der Waals surface area contributed by atoms with Crippen LogP contribution in [0.5, 0.6) is 5.75 Å². The average Bonchev–Trinajstić information content (AvgIpc) is 2.58. The first-order valence-corrected chi connectivity index (χ1v) is 8.17. The summed E-state index contributed by atoms with van der Waals surface area (Å²) in [6.07, 6.45) is 5.57. The third kappa shape index (κ3) is 9.68. The summed E-state index contributed by atoms with van der Waals surface area (Å²) < 4.78 is 15.9. The van der Waals surface area contributed by atoms with Crippen molar-refractivity contribution in [2.24, 2.45) is 0 Å². The van der Waals surface area contributed by atoms with Gasteiger partial charge < -0.3 is 14.2 Å². The van der Waals surface area contributed by atoms with Crippen molar-refractivity contribution in [1.82, 2.24) is 0 Å². The van der Waals surface area contributed by atoms with Gasteiger partial charge in [0.1, 0.15) is 25.2 Å². The number of benzene rings is 1. The van der Waals surface area contributed by atoms with Crippen LogP contribution in [0.15, 0.2) is 24.3 Å². The Balaban J connectivity index is 1.94. The summed E-state index contributed by atoms with van der Waals surface area (Å²) >= 11 is 0. The van der Waals surface area contributed by atoms with Crippen molar-refractivity contribution in [2.45, 2.75) is 39.0 Å². The molecule has 1 aromatic rings. The lowest BCUT2D eigenvalue weighted by atomic mass is 10.2. The van der Waals surface area contributed by atoms with E-state index in [1.807, 2.05) is 0 Å². The number of hydrogen-bond donors (Lipinski definition) is 0. The van der Waals surface area contributed by atoms with Gasteiger partial charge in [-0.25, -0.2) is 0 Å². The van der Waals surface area contributed by atoms with Crippen molar-refractivity contribution in [3.05, 3.63) is 29.8 Å². The van der Waals surface area contributed by atoms with Crippen molar-refractivity contribution < 1.29 is 23.8 Å². The maximum atomic E-state index is 11.4. The summed E-state index contributed by atoms with van der Waals surface area (Å²) in [5, 5.41) is 0. The third-order valence-electron chi connectivity index (χ3n) is 3.24. The minimum absolute atomic E-state index is 0.156. The SMILES string of the molecule is CCCCCCC(=O)OCCOCCOc1ccc(C=O)cc1. The van der Waals surface area contributed by atoms with Crippen molar-refractivity contribution >= 4 is 12.3 Å². The normalized spacial score (nSPS) is 10.3. The Bertz CT molecular complexity index is 441. The van der Waals surface area contributed by atoms with Gasteiger partial charge in [0.25, 0.3) is 0 Å². The van der Waals surface area contributed by atoms with E-state index in [2.05, 4.69) is 6.92 Å². The molecule has 5 nitrogen and oxygen atoms in total. The molecule has 0 amide bonds. The molecule has 23 heavy (non-hydrogen) atoms. The Morgan fingerprint density at radius 1 is 1.00 bits per heavy atom. The van der Waals surface area contributed by atoms with E-state index in [4.69, 9.17) is 14.2 Å². The van der Waals surface area contributed by atoms with Gasteiger partial charge in [0.15, 0.2) is 0 Å². The number of unbranched alkanes of at least 4 members (excludes halogenated alkanes) is 3. The van der Waals surface area contributed by atoms with Crippen LogP contribution in [0.4, 0.5) is 0 Å². The summed E-state index contributed by atoms with van der Waals surface area (Å²) in [5.41, 5.74) is 0.616. The Labute approximate surface area is 137 Å². The van der Waals surface area contributed by atoms with Gasteiger partial charge in [-0.05, 0) is 30.7 Å². The van der Waals surface area contributed by atoms with E-state index in [0.29, 0.717) is 37.6 Å². The molecule has 0 radical (unpaired) electrons. The van der Waals surface area contributed by atoms with Gasteiger partial charge in [-0.2, -0.15) is 0 Å². The summed E-state index contributed by atoms with van der Waals surface area (Å²) in [4.78, 5) is 21.9. The third-order valence-corrected chi connectivity index (χ3v) is 3.24. The van der Waals surface area contributed by atoms with Crippen LogP contribution in [0.3, 0.4) is 0 Å². The van der Waals surface area contributed by atoms with Crippen LogP contribution in [0.2, 0.25) is 0 Å². The van der Waals surface area contributed by atoms with E-state index in [0.717, 1.165) is 32.0 Å². The van der Waals surface area contributed by atoms with Crippen LogP contribution in [-0.2, 0) is 14.3 Å². The zero-order chi connectivity index (χ0) is 16.8. The second kappa shape index (κ2) is 12.6. The fourth-order valence-corrected chi connectivity index (χ4v) is 1.95. The fourth-order valence-electron chi connectivity index (χ4n) is 1.95. The molecule has 0 saturated carbocycles. The Kier molecular flexibility index (Phi) is 10.5. The number of carbonyl (C=O) groups is 2. The van der Waals surface area contributed by atoms with Crippen molar-refractivity contribution in [2.75, 3.05) is 26.4 Å². The lowest BCUT2D eigenvalue weighted by Gasteiger charge is -2.08. The zero-order valence-corrected chi connectivity index (χ0v) is 13.8. The first-order chi connectivity index (χ1) is 11.3. The number of rotatable bonds is 13. The van der Waals surface area contributed by atoms with Gasteiger partial charge >= 0.3 is 5.97 Å². The molecule has 5 heteroatoms. The maximum absolute atomic E-state index is 11.4. The van der Waals surface area contributed by atoms with Crippen LogP contribution >= 0.6 is 0 Å². The van der Waals surface area contributed by atoms with Gasteiger partial charge in [-0.1, -0.05) is 26.2 Å². The highest BCUT2D eigenvalue weighted by Crippen LogP contribution is 2.10. The van der Waals surface area contributed by atoms with Crippen LogP contribution in [0, 0.1) is 0 Å². The van der Waals surface area contributed by atoms with Crippen LogP contribution in [0.1, 0.15) is 49.4 Å². The van der Waals surface area contributed by atoms with Crippen molar-refractivity contribution in [1.29, 1.82) is 0 Å². The predicted molar refractivity (Wildman–Crippen MR) is 87.9 cm³/mol. The van der Waals surface area contributed by atoms with E-state index in [-0.39, 0.29) is 12.6 Å². The Morgan fingerprint density at radius 2 is 1.74 bits per heavy atom. The number of carbonyl (C=O) groups excluding carboxylic acids is 2. The second-order valence-corrected chi connectivity index (χ2v) is 5.18. The molecule has 0 spiro atoms. The highest BCUT2D eigenvalue weighted by Gasteiger charge is 2.02. The minimum Gasteiger partial charge on any atom is -0.491 e. The van der Waals surface area contributed by atoms with Gasteiger partial charge in [-0.15, -0.1) is 0 Å². The van der Waals surface area contributed by atoms with E-state index in [9.17, 15) is 9.59 Å². The summed E-state index contributed by atoms with van der Waals surface area (Å²) in [7, 11) is 0. The molecule has 0 aliphatic rings. The molecule has 0 bridgehead atoms. The first kappa shape index (κ1) is 19.2. The molecule has 0 N–H and O–H groups in total. The predicted octanol–water partition coefficient (Wildman–Crippen LogP) is 3.41. The van der Waals surface area contributed by atoms with Crippen molar-refractivity contribution in [3.63, 3.8) is 0 Å². The Hall–Kier alpha value is -1.88. The van der Waals surface area contributed by atoms with E-state index in [1.165, 1.54) is 0 Å². The summed E-state index contributed by atoms with van der Waals surface area (Å²) in [6, 6.07) is 6.88. The van der Waals surface area contributed by atoms with Crippen molar-refractivity contribution in [3.8, 4) is 5.75 Å². The molecule has 0 aliphatic heterocycles. The smallest absolute Gasteiger partial charge is 0.305 e. The monoisotopic (exact) mass is 322 g/mol. The van der Waals surface area contributed by atoms with E-state index in [1.54, 1.807) is 24.3 Å². The lowest BCUT2D eigenvalue weighted by Crippen LogP contribution is -2.13. The van der Waals surface area contributed by atoms with Gasteiger partial charge in [-0.3, -0.25) is 9.59 Å². The molecule has 0 heterocycles. The zero-order valence-electron chi connectivity index (χ0n) is 13.8. The second-order valence-electron chi connectivity index (χ2n) is 5.18. The summed E-state index contributed by atoms with van der Waals surface area (Å²) in [6.45, 7) is 3.61. The van der Waals surface area contributed by atoms with E-state index >= 15 is 0 Å². The first-order valence-electron chi connectivity index (χ1n) is 8.17. The molecule has 0 fully saturated rings. The molecular weight excluding hydrogens is 296 g/mol. The quantitative estimate of drug-likeness (QED) is 0.316. The number of hydrogen-bond acceptors (Lipinski definition) is 5. The Morgan fingerprint density at radius 3 is 2.43 bits per heavy atom. The maximum Gasteiger partial charge on any atom is 0.305 e. The van der Waals surface area contributed by atoms with Crippen LogP contribution in [0.25, 0.3) is 0 Å². The van der Waals surface area contributed by atoms with Crippen LogP contribution < -0.4 is 4.74 Å². The largest absolute Gasteiger partial charge is 0.491 e. The molecule has 0 unspecified atom stereocenters. The molecule has 0 aliphatic carbocycles. The number of aldehydes is 1. The highest BCUT2D eigenvalue weighted by molar-refractivity contribution is 5.74. The molecule has 1 aromatic carbocycles. The molecule has 0 saturated heterocycles. The molecule has 1 rings (SSSR count). The van der Waals surface area contributed by atoms with Gasteiger partial charge in [0.2, 0.25) is 0 Å². The summed E-state index contributed by atoms with van der Waals surface area (Å²) in [5.74, 6) is 0.536. The standard InChI is InChI=1S/C18H26O5/c1-2-3-4-5-6-18(20)23-14-12-21-11-13-22-17-9-7-16(15-19)8-10-17/h7-10,15H,2-6,11-14H2,1H3. The molecule has 0 aromatic heterocycles. The fraction of sp³-hybridized carbons (Fsp3) is 0.556. The molecular formula is C18H26O5. The lowest BCUT2D eigenvalue weighted by molar-refractivity contribution is -0.145.